The first kappa shape index (κ1) is 16.8. The average molecular weight is 312 g/mol. The van der Waals surface area contributed by atoms with Crippen molar-refractivity contribution in [3.63, 3.8) is 0 Å². The van der Waals surface area contributed by atoms with Gasteiger partial charge in [-0.2, -0.15) is 0 Å². The maximum atomic E-state index is 6.10. The Bertz CT molecular complexity index is 429. The highest BCUT2D eigenvalue weighted by Gasteiger charge is 2.23. The van der Waals surface area contributed by atoms with Crippen molar-refractivity contribution in [2.24, 2.45) is 0 Å². The monoisotopic (exact) mass is 311 g/mol. The third-order valence-electron chi connectivity index (χ3n) is 3.99. The van der Waals surface area contributed by atoms with E-state index in [9.17, 15) is 0 Å². The number of rotatable bonds is 9. The fourth-order valence-corrected chi connectivity index (χ4v) is 2.19. The molecule has 2 rings (SSSR count). The van der Waals surface area contributed by atoms with Gasteiger partial charge in [-0.05, 0) is 50.8 Å². The average Bonchev–Trinajstić information content (AvgIpc) is 3.28. The minimum Gasteiger partial charge on any atom is -0.379 e. The third-order valence-corrected chi connectivity index (χ3v) is 4.24. The molecule has 0 heterocycles. The Morgan fingerprint density at radius 1 is 1.29 bits per heavy atom. The fourth-order valence-electron chi connectivity index (χ4n) is 2.06. The predicted molar refractivity (Wildman–Crippen MR) is 86.9 cm³/mol. The number of halogens is 1. The molecular weight excluding hydrogens is 286 g/mol. The fraction of sp³-hybridized carbons (Fsp3) is 0.647. The van der Waals surface area contributed by atoms with Crippen LogP contribution in [0.15, 0.2) is 24.3 Å². The van der Waals surface area contributed by atoms with Gasteiger partial charge in [0.1, 0.15) is 0 Å². The number of ether oxygens (including phenoxy) is 2. The summed E-state index contributed by atoms with van der Waals surface area (Å²) in [6.07, 6.45) is 3.50. The first-order chi connectivity index (χ1) is 10.00. The van der Waals surface area contributed by atoms with Gasteiger partial charge in [0.25, 0.3) is 0 Å². The molecule has 0 aliphatic heterocycles. The van der Waals surface area contributed by atoms with Gasteiger partial charge in [0, 0.05) is 24.7 Å². The normalized spacial score (nSPS) is 17.0. The molecule has 118 valence electrons. The van der Waals surface area contributed by atoms with Crippen LogP contribution in [0.5, 0.6) is 0 Å². The second-order valence-electron chi connectivity index (χ2n) is 6.31. The summed E-state index contributed by atoms with van der Waals surface area (Å²) >= 11 is 5.96. The third kappa shape index (κ3) is 5.95. The quantitative estimate of drug-likeness (QED) is 0.748. The van der Waals surface area contributed by atoms with Crippen molar-refractivity contribution in [1.29, 1.82) is 0 Å². The minimum absolute atomic E-state index is 0.0653. The van der Waals surface area contributed by atoms with Gasteiger partial charge in [0.05, 0.1) is 18.3 Å². The summed E-state index contributed by atoms with van der Waals surface area (Å²) in [5.74, 6) is 0. The predicted octanol–water partition coefficient (Wildman–Crippen LogP) is 3.96. The van der Waals surface area contributed by atoms with Gasteiger partial charge in [0.2, 0.25) is 0 Å². The molecule has 1 saturated carbocycles. The number of benzene rings is 1. The lowest BCUT2D eigenvalue weighted by molar-refractivity contribution is -0.0272. The molecular formula is C17H26ClNO2. The van der Waals surface area contributed by atoms with Crippen LogP contribution in [0.1, 0.15) is 44.8 Å². The number of nitrogens with one attached hydrogen (secondary N) is 1. The molecule has 4 heteroatoms. The largest absolute Gasteiger partial charge is 0.379 e. The van der Waals surface area contributed by atoms with Crippen LogP contribution in [-0.4, -0.2) is 31.9 Å². The summed E-state index contributed by atoms with van der Waals surface area (Å²) < 4.78 is 11.5. The zero-order chi connectivity index (χ0) is 15.3. The molecule has 1 atom stereocenters. The lowest BCUT2D eigenvalue weighted by Gasteiger charge is -2.25. The minimum atomic E-state index is -0.144. The van der Waals surface area contributed by atoms with Gasteiger partial charge >= 0.3 is 0 Å². The summed E-state index contributed by atoms with van der Waals surface area (Å²) in [5.41, 5.74) is 1.02. The Morgan fingerprint density at radius 3 is 2.52 bits per heavy atom. The summed E-state index contributed by atoms with van der Waals surface area (Å²) in [6.45, 7) is 5.69. The van der Waals surface area contributed by atoms with E-state index in [1.807, 2.05) is 24.3 Å². The molecule has 1 unspecified atom stereocenters. The highest BCUT2D eigenvalue weighted by atomic mass is 35.5. The summed E-state index contributed by atoms with van der Waals surface area (Å²) in [4.78, 5) is 0. The van der Waals surface area contributed by atoms with Crippen LogP contribution in [-0.2, 0) is 9.47 Å². The molecule has 0 saturated heterocycles. The second kappa shape index (κ2) is 7.59. The standard InChI is InChI=1S/C17H26ClNO2/c1-17(2,20-3)10-11-21-16(12-19-15-8-9-15)13-4-6-14(18)7-5-13/h4-7,15-16,19H,8-12H2,1-3H3. The first-order valence-corrected chi connectivity index (χ1v) is 8.03. The van der Waals surface area contributed by atoms with Crippen LogP contribution in [0.25, 0.3) is 0 Å². The number of hydrogen-bond acceptors (Lipinski definition) is 3. The van der Waals surface area contributed by atoms with E-state index in [0.29, 0.717) is 12.6 Å². The van der Waals surface area contributed by atoms with E-state index in [4.69, 9.17) is 21.1 Å². The van der Waals surface area contributed by atoms with Crippen LogP contribution < -0.4 is 5.32 Å². The van der Waals surface area contributed by atoms with Crippen molar-refractivity contribution in [3.8, 4) is 0 Å². The molecule has 0 spiro atoms. The molecule has 0 amide bonds. The molecule has 0 bridgehead atoms. The Balaban J connectivity index is 1.89. The van der Waals surface area contributed by atoms with E-state index < -0.39 is 0 Å². The maximum Gasteiger partial charge on any atom is 0.0949 e. The van der Waals surface area contributed by atoms with E-state index in [1.165, 1.54) is 18.4 Å². The smallest absolute Gasteiger partial charge is 0.0949 e. The molecule has 1 fully saturated rings. The van der Waals surface area contributed by atoms with Gasteiger partial charge in [-0.25, -0.2) is 0 Å². The van der Waals surface area contributed by atoms with Gasteiger partial charge in [-0.3, -0.25) is 0 Å². The highest BCUT2D eigenvalue weighted by molar-refractivity contribution is 6.30. The van der Waals surface area contributed by atoms with E-state index >= 15 is 0 Å². The molecule has 3 nitrogen and oxygen atoms in total. The van der Waals surface area contributed by atoms with Gasteiger partial charge < -0.3 is 14.8 Å². The van der Waals surface area contributed by atoms with Crippen LogP contribution >= 0.6 is 11.6 Å². The van der Waals surface area contributed by atoms with Crippen molar-refractivity contribution in [2.75, 3.05) is 20.3 Å². The van der Waals surface area contributed by atoms with Crippen LogP contribution in [0.3, 0.4) is 0 Å². The van der Waals surface area contributed by atoms with Crippen molar-refractivity contribution >= 4 is 11.6 Å². The zero-order valence-corrected chi connectivity index (χ0v) is 14.0. The molecule has 0 radical (unpaired) electrons. The molecule has 1 aromatic rings. The van der Waals surface area contributed by atoms with E-state index in [2.05, 4.69) is 19.2 Å². The van der Waals surface area contributed by atoms with E-state index in [-0.39, 0.29) is 11.7 Å². The zero-order valence-electron chi connectivity index (χ0n) is 13.2. The molecule has 1 aromatic carbocycles. The Kier molecular flexibility index (Phi) is 6.06. The lowest BCUT2D eigenvalue weighted by atomic mass is 10.1. The SMILES string of the molecule is COC(C)(C)CCOC(CNC1CC1)c1ccc(Cl)cc1. The number of methoxy groups -OCH3 is 1. The van der Waals surface area contributed by atoms with Crippen molar-refractivity contribution < 1.29 is 9.47 Å². The Morgan fingerprint density at radius 2 is 1.95 bits per heavy atom. The van der Waals surface area contributed by atoms with E-state index in [1.54, 1.807) is 7.11 Å². The summed E-state index contributed by atoms with van der Waals surface area (Å²) in [6, 6.07) is 8.61. The van der Waals surface area contributed by atoms with Crippen molar-refractivity contribution in [2.45, 2.75) is 50.9 Å². The number of hydrogen-bond donors (Lipinski definition) is 1. The molecule has 1 aliphatic carbocycles. The van der Waals surface area contributed by atoms with Crippen LogP contribution in [0, 0.1) is 0 Å². The Hall–Kier alpha value is -0.610. The maximum absolute atomic E-state index is 6.10. The van der Waals surface area contributed by atoms with Crippen molar-refractivity contribution in [3.05, 3.63) is 34.9 Å². The van der Waals surface area contributed by atoms with Gasteiger partial charge in [-0.15, -0.1) is 0 Å². The molecule has 1 N–H and O–H groups in total. The molecule has 1 aliphatic rings. The molecule has 21 heavy (non-hydrogen) atoms. The van der Waals surface area contributed by atoms with E-state index in [0.717, 1.165) is 18.0 Å². The van der Waals surface area contributed by atoms with Gasteiger partial charge in [0.15, 0.2) is 0 Å². The highest BCUT2D eigenvalue weighted by Crippen LogP contribution is 2.24. The topological polar surface area (TPSA) is 30.5 Å². The Labute approximate surface area is 133 Å². The summed E-state index contributed by atoms with van der Waals surface area (Å²) in [7, 11) is 1.74. The van der Waals surface area contributed by atoms with Gasteiger partial charge in [-0.1, -0.05) is 23.7 Å². The molecule has 0 aromatic heterocycles. The van der Waals surface area contributed by atoms with Crippen LogP contribution in [0.4, 0.5) is 0 Å². The second-order valence-corrected chi connectivity index (χ2v) is 6.74. The van der Waals surface area contributed by atoms with Crippen molar-refractivity contribution in [1.82, 2.24) is 5.32 Å². The van der Waals surface area contributed by atoms with Crippen LogP contribution in [0.2, 0.25) is 5.02 Å². The lowest BCUT2D eigenvalue weighted by Crippen LogP contribution is -2.28. The summed E-state index contributed by atoms with van der Waals surface area (Å²) in [5, 5.41) is 4.30. The first-order valence-electron chi connectivity index (χ1n) is 7.66.